The lowest BCUT2D eigenvalue weighted by Crippen LogP contribution is -2.34. The van der Waals surface area contributed by atoms with E-state index in [1.54, 1.807) is 0 Å². The highest BCUT2D eigenvalue weighted by molar-refractivity contribution is 7.11. The molecule has 1 aromatic carbocycles. The first-order valence-electron chi connectivity index (χ1n) is 6.97. The number of ether oxygens (including phenoxy) is 1. The average Bonchev–Trinajstić information content (AvgIpc) is 2.85. The van der Waals surface area contributed by atoms with Gasteiger partial charge in [0.2, 0.25) is 0 Å². The molecule has 1 N–H and O–H groups in total. The third-order valence-corrected chi connectivity index (χ3v) is 3.92. The molecule has 3 heteroatoms. The van der Waals surface area contributed by atoms with Gasteiger partial charge in [-0.1, -0.05) is 30.3 Å². The van der Waals surface area contributed by atoms with E-state index in [0.717, 1.165) is 6.54 Å². The number of nitrogens with one attached hydrogen (secondary N) is 1. The molecule has 0 saturated heterocycles. The van der Waals surface area contributed by atoms with Crippen LogP contribution in [0.4, 0.5) is 0 Å². The second-order valence-corrected chi connectivity index (χ2v) is 7.20. The van der Waals surface area contributed by atoms with Crippen LogP contribution in [0, 0.1) is 0 Å². The number of hydrogen-bond donors (Lipinski definition) is 1. The second-order valence-electron chi connectivity index (χ2n) is 5.95. The Hall–Kier alpha value is -1.16. The van der Waals surface area contributed by atoms with Gasteiger partial charge < -0.3 is 10.1 Å². The molecule has 0 aliphatic carbocycles. The summed E-state index contributed by atoms with van der Waals surface area (Å²) >= 11 is 1.82. The zero-order chi connectivity index (χ0) is 14.4. The van der Waals surface area contributed by atoms with Crippen molar-refractivity contribution in [3.8, 4) is 0 Å². The maximum absolute atomic E-state index is 5.75. The Balaban J connectivity index is 1.75. The molecule has 1 aromatic heterocycles. The molecule has 1 heterocycles. The summed E-state index contributed by atoms with van der Waals surface area (Å²) in [6, 6.07) is 14.6. The highest BCUT2D eigenvalue weighted by Gasteiger charge is 2.09. The third kappa shape index (κ3) is 5.45. The Labute approximate surface area is 125 Å². The number of rotatable bonds is 6. The molecule has 0 aliphatic heterocycles. The van der Waals surface area contributed by atoms with E-state index in [4.69, 9.17) is 4.74 Å². The fraction of sp³-hybridized carbons (Fsp3) is 0.412. The first kappa shape index (κ1) is 15.2. The second kappa shape index (κ2) is 7.02. The summed E-state index contributed by atoms with van der Waals surface area (Å²) < 4.78 is 5.75. The van der Waals surface area contributed by atoms with Crippen LogP contribution in [0.15, 0.2) is 42.5 Å². The summed E-state index contributed by atoms with van der Waals surface area (Å²) in [4.78, 5) is 2.64. The number of thiophene rings is 1. The van der Waals surface area contributed by atoms with Gasteiger partial charge >= 0.3 is 0 Å². The highest BCUT2D eigenvalue weighted by atomic mass is 32.1. The molecule has 20 heavy (non-hydrogen) atoms. The zero-order valence-electron chi connectivity index (χ0n) is 12.5. The van der Waals surface area contributed by atoms with Crippen LogP contribution in [0.3, 0.4) is 0 Å². The van der Waals surface area contributed by atoms with Crippen LogP contribution < -0.4 is 5.32 Å². The van der Waals surface area contributed by atoms with Gasteiger partial charge in [-0.05, 0) is 38.5 Å². The summed E-state index contributed by atoms with van der Waals surface area (Å²) in [6.45, 7) is 8.84. The maximum Gasteiger partial charge on any atom is 0.0814 e. The van der Waals surface area contributed by atoms with Gasteiger partial charge in [0.05, 0.1) is 13.2 Å². The summed E-state index contributed by atoms with van der Waals surface area (Å²) in [5.74, 6) is 0. The Morgan fingerprint density at radius 3 is 2.35 bits per heavy atom. The van der Waals surface area contributed by atoms with Crippen molar-refractivity contribution >= 4 is 11.3 Å². The van der Waals surface area contributed by atoms with Crippen molar-refractivity contribution in [2.24, 2.45) is 0 Å². The minimum Gasteiger partial charge on any atom is -0.371 e. The molecule has 0 fully saturated rings. The Kier molecular flexibility index (Phi) is 5.35. The minimum atomic E-state index is 0.161. The minimum absolute atomic E-state index is 0.161. The largest absolute Gasteiger partial charge is 0.371 e. The van der Waals surface area contributed by atoms with Crippen molar-refractivity contribution < 1.29 is 4.74 Å². The van der Waals surface area contributed by atoms with Crippen molar-refractivity contribution in [2.45, 2.75) is 46.1 Å². The van der Waals surface area contributed by atoms with E-state index in [1.165, 1.54) is 15.3 Å². The third-order valence-electron chi connectivity index (χ3n) is 2.87. The van der Waals surface area contributed by atoms with Crippen LogP contribution in [0.1, 0.15) is 36.1 Å². The van der Waals surface area contributed by atoms with E-state index in [2.05, 4.69) is 50.4 Å². The van der Waals surface area contributed by atoms with Gasteiger partial charge in [0.25, 0.3) is 0 Å². The van der Waals surface area contributed by atoms with E-state index in [-0.39, 0.29) is 5.54 Å². The van der Waals surface area contributed by atoms with Crippen molar-refractivity contribution in [1.82, 2.24) is 5.32 Å². The van der Waals surface area contributed by atoms with Crippen molar-refractivity contribution in [2.75, 3.05) is 0 Å². The lowest BCUT2D eigenvalue weighted by molar-refractivity contribution is 0.109. The molecule has 2 nitrogen and oxygen atoms in total. The molecule has 2 aromatic rings. The summed E-state index contributed by atoms with van der Waals surface area (Å²) in [6.07, 6.45) is 0. The molecule has 0 unspecified atom stereocenters. The van der Waals surface area contributed by atoms with Crippen LogP contribution in [0.2, 0.25) is 0 Å². The van der Waals surface area contributed by atoms with Gasteiger partial charge in [-0.2, -0.15) is 0 Å². The predicted molar refractivity (Wildman–Crippen MR) is 85.8 cm³/mol. The average molecular weight is 289 g/mol. The molecule has 0 bridgehead atoms. The molecule has 108 valence electrons. The van der Waals surface area contributed by atoms with Crippen LogP contribution in [0.5, 0.6) is 0 Å². The maximum atomic E-state index is 5.75. The van der Waals surface area contributed by atoms with Crippen LogP contribution >= 0.6 is 11.3 Å². The van der Waals surface area contributed by atoms with Gasteiger partial charge in [-0.25, -0.2) is 0 Å². The topological polar surface area (TPSA) is 21.3 Å². The van der Waals surface area contributed by atoms with Crippen molar-refractivity contribution in [3.63, 3.8) is 0 Å². The summed E-state index contributed by atoms with van der Waals surface area (Å²) in [7, 11) is 0. The molecule has 0 saturated carbocycles. The molecule has 2 rings (SSSR count). The monoisotopic (exact) mass is 289 g/mol. The summed E-state index contributed by atoms with van der Waals surface area (Å²) in [5.41, 5.74) is 1.38. The molecular weight excluding hydrogens is 266 g/mol. The Morgan fingerprint density at radius 2 is 1.65 bits per heavy atom. The first-order valence-corrected chi connectivity index (χ1v) is 7.79. The van der Waals surface area contributed by atoms with E-state index < -0.39 is 0 Å². The standard InChI is InChI=1S/C17H23NOS/c1-17(2,3)18-11-15-9-10-16(20-15)13-19-12-14-7-5-4-6-8-14/h4-10,18H,11-13H2,1-3H3. The van der Waals surface area contributed by atoms with Crippen LogP contribution in [0.25, 0.3) is 0 Å². The first-order chi connectivity index (χ1) is 9.53. The van der Waals surface area contributed by atoms with Gasteiger partial charge in [-0.15, -0.1) is 11.3 Å². The molecular formula is C17H23NOS. The van der Waals surface area contributed by atoms with E-state index in [0.29, 0.717) is 13.2 Å². The number of hydrogen-bond acceptors (Lipinski definition) is 3. The number of benzene rings is 1. The fourth-order valence-electron chi connectivity index (χ4n) is 1.79. The van der Waals surface area contributed by atoms with Crippen LogP contribution in [-0.4, -0.2) is 5.54 Å². The molecule has 0 amide bonds. The lowest BCUT2D eigenvalue weighted by atomic mass is 10.1. The molecule has 0 radical (unpaired) electrons. The zero-order valence-corrected chi connectivity index (χ0v) is 13.3. The van der Waals surface area contributed by atoms with E-state index >= 15 is 0 Å². The quantitative estimate of drug-likeness (QED) is 0.853. The van der Waals surface area contributed by atoms with Crippen molar-refractivity contribution in [3.05, 3.63) is 57.8 Å². The molecule has 0 spiro atoms. The SMILES string of the molecule is CC(C)(C)NCc1ccc(COCc2ccccc2)s1. The van der Waals surface area contributed by atoms with Crippen molar-refractivity contribution in [1.29, 1.82) is 0 Å². The lowest BCUT2D eigenvalue weighted by Gasteiger charge is -2.19. The Bertz CT molecular complexity index is 513. The smallest absolute Gasteiger partial charge is 0.0814 e. The van der Waals surface area contributed by atoms with Gasteiger partial charge in [0, 0.05) is 21.8 Å². The van der Waals surface area contributed by atoms with Gasteiger partial charge in [0.1, 0.15) is 0 Å². The molecule has 0 aliphatic rings. The Morgan fingerprint density at radius 1 is 0.950 bits per heavy atom. The highest BCUT2D eigenvalue weighted by Crippen LogP contribution is 2.18. The fourth-order valence-corrected chi connectivity index (χ4v) is 2.69. The van der Waals surface area contributed by atoms with Gasteiger partial charge in [-0.3, -0.25) is 0 Å². The summed E-state index contributed by atoms with van der Waals surface area (Å²) in [5, 5.41) is 3.50. The predicted octanol–water partition coefficient (Wildman–Crippen LogP) is 4.35. The van der Waals surface area contributed by atoms with Crippen LogP contribution in [-0.2, 0) is 24.5 Å². The normalized spacial score (nSPS) is 11.8. The van der Waals surface area contributed by atoms with E-state index in [1.807, 2.05) is 29.5 Å². The van der Waals surface area contributed by atoms with E-state index in [9.17, 15) is 0 Å². The molecule has 0 atom stereocenters. The van der Waals surface area contributed by atoms with Gasteiger partial charge in [0.15, 0.2) is 0 Å².